The maximum atomic E-state index is 12.1. The van der Waals surface area contributed by atoms with E-state index in [-0.39, 0.29) is 18.0 Å². The number of rotatable bonds is 5. The molecule has 2 nitrogen and oxygen atoms in total. The molecule has 0 spiro atoms. The lowest BCUT2D eigenvalue weighted by molar-refractivity contribution is -0.0498. The van der Waals surface area contributed by atoms with Crippen LogP contribution in [0.5, 0.6) is 5.75 Å². The van der Waals surface area contributed by atoms with Gasteiger partial charge in [0.05, 0.1) is 0 Å². The summed E-state index contributed by atoms with van der Waals surface area (Å²) in [7, 11) is 0. The molecule has 0 N–H and O–H groups in total. The first-order chi connectivity index (χ1) is 9.15. The molecule has 0 radical (unpaired) electrons. The molecule has 0 amide bonds. The second-order valence-corrected chi connectivity index (χ2v) is 3.99. The van der Waals surface area contributed by atoms with Gasteiger partial charge in [0.1, 0.15) is 5.75 Å². The molecule has 0 aromatic heterocycles. The van der Waals surface area contributed by atoms with Crippen molar-refractivity contribution in [3.8, 4) is 5.75 Å². The zero-order valence-corrected chi connectivity index (χ0v) is 10.1. The summed E-state index contributed by atoms with van der Waals surface area (Å²) >= 11 is 0. The number of carbonyl (C=O) groups is 1. The second-order valence-electron chi connectivity index (χ2n) is 3.99. The van der Waals surface area contributed by atoms with Gasteiger partial charge < -0.3 is 4.74 Å². The van der Waals surface area contributed by atoms with Crippen LogP contribution in [0.1, 0.15) is 15.9 Å². The fourth-order valence-electron chi connectivity index (χ4n) is 1.73. The zero-order chi connectivity index (χ0) is 13.7. The number of hydrogen-bond donors (Lipinski definition) is 0. The molecular formula is C15H12F2O2. The number of halogens is 2. The van der Waals surface area contributed by atoms with Crippen molar-refractivity contribution in [1.82, 2.24) is 0 Å². The summed E-state index contributed by atoms with van der Waals surface area (Å²) in [5.74, 6) is -0.139. The summed E-state index contributed by atoms with van der Waals surface area (Å²) in [4.78, 5) is 12.0. The van der Waals surface area contributed by atoms with Crippen molar-refractivity contribution in [1.29, 1.82) is 0 Å². The maximum absolute atomic E-state index is 12.1. The highest BCUT2D eigenvalue weighted by Gasteiger charge is 2.10. The summed E-state index contributed by atoms with van der Waals surface area (Å²) in [5.41, 5.74) is 1.25. The van der Waals surface area contributed by atoms with Crippen LogP contribution in [0.15, 0.2) is 54.6 Å². The van der Waals surface area contributed by atoms with Gasteiger partial charge in [-0.1, -0.05) is 42.5 Å². The topological polar surface area (TPSA) is 26.3 Å². The maximum Gasteiger partial charge on any atom is 0.387 e. The van der Waals surface area contributed by atoms with Crippen LogP contribution in [0.4, 0.5) is 8.78 Å². The summed E-state index contributed by atoms with van der Waals surface area (Å²) in [6.07, 6.45) is 0.235. The van der Waals surface area contributed by atoms with Gasteiger partial charge in [0, 0.05) is 12.0 Å². The van der Waals surface area contributed by atoms with Gasteiger partial charge in [0.2, 0.25) is 0 Å². The first-order valence-corrected chi connectivity index (χ1v) is 5.77. The molecule has 2 aromatic rings. The molecule has 0 unspecified atom stereocenters. The lowest BCUT2D eigenvalue weighted by Crippen LogP contribution is -2.06. The first kappa shape index (κ1) is 13.2. The van der Waals surface area contributed by atoms with Crippen LogP contribution in [-0.2, 0) is 6.42 Å². The second kappa shape index (κ2) is 6.09. The van der Waals surface area contributed by atoms with Gasteiger partial charge in [0.15, 0.2) is 5.78 Å². The van der Waals surface area contributed by atoms with Crippen molar-refractivity contribution < 1.29 is 18.3 Å². The van der Waals surface area contributed by atoms with E-state index in [1.165, 1.54) is 18.2 Å². The van der Waals surface area contributed by atoms with E-state index in [4.69, 9.17) is 0 Å². The summed E-state index contributed by atoms with van der Waals surface area (Å²) in [6.45, 7) is -2.89. The quantitative estimate of drug-likeness (QED) is 0.768. The molecule has 2 aromatic carbocycles. The van der Waals surface area contributed by atoms with E-state index in [0.29, 0.717) is 5.56 Å². The minimum absolute atomic E-state index is 0.00564. The van der Waals surface area contributed by atoms with Crippen molar-refractivity contribution in [3.05, 3.63) is 65.7 Å². The van der Waals surface area contributed by atoms with E-state index in [0.717, 1.165) is 5.56 Å². The predicted octanol–water partition coefficient (Wildman–Crippen LogP) is 3.71. The monoisotopic (exact) mass is 262 g/mol. The van der Waals surface area contributed by atoms with Crippen molar-refractivity contribution in [2.45, 2.75) is 13.0 Å². The molecule has 2 rings (SSSR count). The molecule has 98 valence electrons. The summed E-state index contributed by atoms with van der Waals surface area (Å²) in [5, 5.41) is 0. The summed E-state index contributed by atoms with van der Waals surface area (Å²) in [6, 6.07) is 15.1. The van der Waals surface area contributed by atoms with E-state index in [2.05, 4.69) is 4.74 Å². The minimum atomic E-state index is -2.89. The Bertz CT molecular complexity index is 553. The lowest BCUT2D eigenvalue weighted by atomic mass is 10.0. The Morgan fingerprint density at radius 2 is 1.79 bits per heavy atom. The number of Topliss-reactive ketones (excluding diaryl/α,β-unsaturated/α-hetero) is 1. The van der Waals surface area contributed by atoms with E-state index >= 15 is 0 Å². The Hall–Kier alpha value is -2.23. The van der Waals surface area contributed by atoms with Gasteiger partial charge >= 0.3 is 6.61 Å². The highest BCUT2D eigenvalue weighted by molar-refractivity contribution is 5.97. The van der Waals surface area contributed by atoms with Gasteiger partial charge in [-0.2, -0.15) is 8.78 Å². The molecule has 0 aliphatic heterocycles. The average molecular weight is 262 g/mol. The highest BCUT2D eigenvalue weighted by atomic mass is 19.3. The third-order valence-electron chi connectivity index (χ3n) is 2.59. The first-order valence-electron chi connectivity index (χ1n) is 5.77. The van der Waals surface area contributed by atoms with Crippen molar-refractivity contribution >= 4 is 5.78 Å². The molecule has 0 saturated heterocycles. The molecule has 0 aliphatic rings. The van der Waals surface area contributed by atoms with Crippen LogP contribution in [0.25, 0.3) is 0 Å². The number of ketones is 1. The molecule has 0 fully saturated rings. The van der Waals surface area contributed by atoms with Crippen LogP contribution < -0.4 is 4.74 Å². The number of alkyl halides is 2. The minimum Gasteiger partial charge on any atom is -0.435 e. The molecule has 19 heavy (non-hydrogen) atoms. The number of carbonyl (C=O) groups excluding carboxylic acids is 1. The van der Waals surface area contributed by atoms with Crippen LogP contribution in [-0.4, -0.2) is 12.4 Å². The van der Waals surface area contributed by atoms with E-state index < -0.39 is 6.61 Å². The Kier molecular flexibility index (Phi) is 4.23. The third-order valence-corrected chi connectivity index (χ3v) is 2.59. The summed E-state index contributed by atoms with van der Waals surface area (Å²) < 4.78 is 28.5. The lowest BCUT2D eigenvalue weighted by Gasteiger charge is -2.06. The zero-order valence-electron chi connectivity index (χ0n) is 10.1. The van der Waals surface area contributed by atoms with Crippen LogP contribution in [0, 0.1) is 0 Å². The van der Waals surface area contributed by atoms with Crippen LogP contribution in [0.3, 0.4) is 0 Å². The molecule has 0 saturated carbocycles. The van der Waals surface area contributed by atoms with Crippen molar-refractivity contribution in [2.24, 2.45) is 0 Å². The van der Waals surface area contributed by atoms with Gasteiger partial charge in [0.25, 0.3) is 0 Å². The molecule has 0 atom stereocenters. The Balaban J connectivity index is 2.11. The standard InChI is InChI=1S/C15H12F2O2/c16-15(17)19-13-8-4-7-12(10-13)14(18)9-11-5-2-1-3-6-11/h1-8,10,15H,9H2. The fourth-order valence-corrected chi connectivity index (χ4v) is 1.73. The average Bonchev–Trinajstić information content (AvgIpc) is 2.39. The predicted molar refractivity (Wildman–Crippen MR) is 67.6 cm³/mol. The van der Waals surface area contributed by atoms with Gasteiger partial charge in [-0.3, -0.25) is 4.79 Å². The van der Waals surface area contributed by atoms with E-state index in [1.54, 1.807) is 6.07 Å². The van der Waals surface area contributed by atoms with Gasteiger partial charge in [-0.25, -0.2) is 0 Å². The van der Waals surface area contributed by atoms with E-state index in [1.807, 2.05) is 30.3 Å². The SMILES string of the molecule is O=C(Cc1ccccc1)c1cccc(OC(F)F)c1. The molecule has 0 heterocycles. The Morgan fingerprint density at radius 1 is 1.05 bits per heavy atom. The van der Waals surface area contributed by atoms with Crippen LogP contribution >= 0.6 is 0 Å². The third kappa shape index (κ3) is 3.88. The van der Waals surface area contributed by atoms with Crippen molar-refractivity contribution in [2.75, 3.05) is 0 Å². The van der Waals surface area contributed by atoms with Crippen LogP contribution in [0.2, 0.25) is 0 Å². The Morgan fingerprint density at radius 3 is 2.47 bits per heavy atom. The smallest absolute Gasteiger partial charge is 0.387 e. The molecule has 4 heteroatoms. The Labute approximate surface area is 109 Å². The molecule has 0 bridgehead atoms. The number of hydrogen-bond acceptors (Lipinski definition) is 2. The fraction of sp³-hybridized carbons (Fsp3) is 0.133. The highest BCUT2D eigenvalue weighted by Crippen LogP contribution is 2.17. The normalized spacial score (nSPS) is 10.5. The van der Waals surface area contributed by atoms with E-state index in [9.17, 15) is 13.6 Å². The van der Waals surface area contributed by atoms with Gasteiger partial charge in [-0.05, 0) is 17.7 Å². The number of benzene rings is 2. The number of ether oxygens (including phenoxy) is 1. The largest absolute Gasteiger partial charge is 0.435 e. The molecule has 0 aliphatic carbocycles. The van der Waals surface area contributed by atoms with Crippen molar-refractivity contribution in [3.63, 3.8) is 0 Å². The van der Waals surface area contributed by atoms with Gasteiger partial charge in [-0.15, -0.1) is 0 Å². The molecular weight excluding hydrogens is 250 g/mol.